The number of amides is 2. The van der Waals surface area contributed by atoms with E-state index in [2.05, 4.69) is 24.5 Å². The van der Waals surface area contributed by atoms with Crippen LogP contribution < -0.4 is 10.6 Å². The third-order valence-corrected chi connectivity index (χ3v) is 5.00. The fraction of sp³-hybridized carbons (Fsp3) is 0.905. The molecule has 1 saturated carbocycles. The SMILES string of the molecule is CCCCCCCCC(=O)N[C@H]1C[C@H]1NC(=O)CCCCCCCC. The molecule has 0 aromatic heterocycles. The zero-order valence-electron chi connectivity index (χ0n) is 16.6. The molecule has 4 heteroatoms. The molecule has 0 aromatic carbocycles. The smallest absolute Gasteiger partial charge is 0.220 e. The van der Waals surface area contributed by atoms with Gasteiger partial charge in [0.15, 0.2) is 0 Å². The molecule has 1 rings (SSSR count). The molecule has 0 bridgehead atoms. The van der Waals surface area contributed by atoms with Crippen molar-refractivity contribution in [2.24, 2.45) is 0 Å². The number of hydrogen-bond donors (Lipinski definition) is 2. The third-order valence-electron chi connectivity index (χ3n) is 5.00. The second kappa shape index (κ2) is 14.1. The standard InChI is InChI=1S/C21H40N2O2/c1-3-5-7-9-11-13-15-20(24)22-18-17-19(18)23-21(25)16-14-12-10-8-6-4-2/h18-19H,3-17H2,1-2H3,(H,22,24)(H,23,25)/t18-,19+. The molecular formula is C21H40N2O2. The van der Waals surface area contributed by atoms with Crippen LogP contribution in [0.25, 0.3) is 0 Å². The van der Waals surface area contributed by atoms with Crippen molar-refractivity contribution < 1.29 is 9.59 Å². The Hall–Kier alpha value is -1.06. The predicted octanol–water partition coefficient (Wildman–Crippen LogP) is 4.86. The lowest BCUT2D eigenvalue weighted by molar-refractivity contribution is -0.123. The molecule has 0 unspecified atom stereocenters. The summed E-state index contributed by atoms with van der Waals surface area (Å²) in [5, 5.41) is 6.10. The Morgan fingerprint density at radius 3 is 1.40 bits per heavy atom. The molecule has 0 radical (unpaired) electrons. The maximum atomic E-state index is 11.9. The third kappa shape index (κ3) is 12.0. The molecule has 0 spiro atoms. The summed E-state index contributed by atoms with van der Waals surface area (Å²) in [5.74, 6) is 0.293. The van der Waals surface area contributed by atoms with Crippen molar-refractivity contribution in [2.75, 3.05) is 0 Å². The van der Waals surface area contributed by atoms with Crippen LogP contribution in [0.5, 0.6) is 0 Å². The fourth-order valence-corrected chi connectivity index (χ4v) is 3.20. The molecule has 4 nitrogen and oxygen atoms in total. The molecule has 1 fully saturated rings. The normalized spacial score (nSPS) is 18.8. The van der Waals surface area contributed by atoms with Gasteiger partial charge in [0.2, 0.25) is 11.8 Å². The van der Waals surface area contributed by atoms with Crippen LogP contribution in [-0.4, -0.2) is 23.9 Å². The van der Waals surface area contributed by atoms with E-state index in [4.69, 9.17) is 0 Å². The van der Waals surface area contributed by atoms with Gasteiger partial charge in [0.05, 0.1) is 12.1 Å². The van der Waals surface area contributed by atoms with E-state index in [0.29, 0.717) is 12.8 Å². The lowest BCUT2D eigenvalue weighted by atomic mass is 10.1. The summed E-state index contributed by atoms with van der Waals surface area (Å²) < 4.78 is 0. The first kappa shape index (κ1) is 22.0. The summed E-state index contributed by atoms with van der Waals surface area (Å²) in [6.45, 7) is 4.43. The first-order valence-corrected chi connectivity index (χ1v) is 10.8. The first-order valence-electron chi connectivity index (χ1n) is 10.8. The number of hydrogen-bond acceptors (Lipinski definition) is 2. The molecule has 2 N–H and O–H groups in total. The van der Waals surface area contributed by atoms with Gasteiger partial charge in [0.1, 0.15) is 0 Å². The van der Waals surface area contributed by atoms with E-state index in [-0.39, 0.29) is 23.9 Å². The van der Waals surface area contributed by atoms with Crippen LogP contribution in [-0.2, 0) is 9.59 Å². The Balaban J connectivity index is 1.94. The highest BCUT2D eigenvalue weighted by Gasteiger charge is 2.39. The van der Waals surface area contributed by atoms with Gasteiger partial charge in [-0.25, -0.2) is 0 Å². The second-order valence-electron chi connectivity index (χ2n) is 7.62. The molecule has 0 aromatic rings. The lowest BCUT2D eigenvalue weighted by Crippen LogP contribution is -2.34. The Kier molecular flexibility index (Phi) is 12.4. The van der Waals surface area contributed by atoms with Gasteiger partial charge in [-0.2, -0.15) is 0 Å². The Bertz CT molecular complexity index is 337. The van der Waals surface area contributed by atoms with Crippen molar-refractivity contribution in [2.45, 2.75) is 122 Å². The maximum absolute atomic E-state index is 11.9. The van der Waals surface area contributed by atoms with Gasteiger partial charge >= 0.3 is 0 Å². The number of rotatable bonds is 16. The minimum absolute atomic E-state index is 0.146. The minimum atomic E-state index is 0.146. The van der Waals surface area contributed by atoms with E-state index in [1.54, 1.807) is 0 Å². The van der Waals surface area contributed by atoms with Crippen LogP contribution in [0.3, 0.4) is 0 Å². The predicted molar refractivity (Wildman–Crippen MR) is 104 cm³/mol. The van der Waals surface area contributed by atoms with Gasteiger partial charge < -0.3 is 10.6 Å². The highest BCUT2D eigenvalue weighted by Crippen LogP contribution is 2.22. The Labute approximate surface area is 154 Å². The van der Waals surface area contributed by atoms with Crippen LogP contribution in [0.1, 0.15) is 110 Å². The van der Waals surface area contributed by atoms with Crippen LogP contribution in [0.2, 0.25) is 0 Å². The quantitative estimate of drug-likeness (QED) is 0.390. The van der Waals surface area contributed by atoms with Crippen molar-refractivity contribution in [3.8, 4) is 0 Å². The van der Waals surface area contributed by atoms with Gasteiger partial charge in [-0.3, -0.25) is 9.59 Å². The number of nitrogens with one attached hydrogen (secondary N) is 2. The van der Waals surface area contributed by atoms with E-state index in [1.165, 1.54) is 51.4 Å². The van der Waals surface area contributed by atoms with Crippen LogP contribution in [0.4, 0.5) is 0 Å². The van der Waals surface area contributed by atoms with Crippen LogP contribution in [0.15, 0.2) is 0 Å². The summed E-state index contributed by atoms with van der Waals surface area (Å²) in [4.78, 5) is 23.8. The average Bonchev–Trinajstić information content (AvgIpc) is 3.31. The minimum Gasteiger partial charge on any atom is -0.351 e. The highest BCUT2D eigenvalue weighted by molar-refractivity contribution is 5.78. The van der Waals surface area contributed by atoms with E-state index in [9.17, 15) is 9.59 Å². The zero-order valence-corrected chi connectivity index (χ0v) is 16.6. The molecule has 2 amide bonds. The first-order chi connectivity index (χ1) is 12.2. The van der Waals surface area contributed by atoms with E-state index < -0.39 is 0 Å². The van der Waals surface area contributed by atoms with Crippen molar-refractivity contribution in [3.63, 3.8) is 0 Å². The van der Waals surface area contributed by atoms with Crippen LogP contribution >= 0.6 is 0 Å². The van der Waals surface area contributed by atoms with Crippen molar-refractivity contribution in [1.82, 2.24) is 10.6 Å². The Morgan fingerprint density at radius 1 is 0.640 bits per heavy atom. The highest BCUT2D eigenvalue weighted by atomic mass is 16.2. The molecule has 2 atom stereocenters. The summed E-state index contributed by atoms with van der Waals surface area (Å²) in [5.41, 5.74) is 0. The lowest BCUT2D eigenvalue weighted by Gasteiger charge is -2.07. The van der Waals surface area contributed by atoms with Gasteiger partial charge in [-0.05, 0) is 19.3 Å². The van der Waals surface area contributed by atoms with Gasteiger partial charge in [-0.1, -0.05) is 78.1 Å². The van der Waals surface area contributed by atoms with Gasteiger partial charge in [0, 0.05) is 12.8 Å². The number of carbonyl (C=O) groups excluding carboxylic acids is 2. The van der Waals surface area contributed by atoms with Gasteiger partial charge in [-0.15, -0.1) is 0 Å². The largest absolute Gasteiger partial charge is 0.351 e. The second-order valence-corrected chi connectivity index (χ2v) is 7.62. The van der Waals surface area contributed by atoms with Gasteiger partial charge in [0.25, 0.3) is 0 Å². The molecule has 25 heavy (non-hydrogen) atoms. The number of unbranched alkanes of at least 4 members (excludes halogenated alkanes) is 10. The summed E-state index contributed by atoms with van der Waals surface area (Å²) >= 11 is 0. The van der Waals surface area contributed by atoms with Crippen molar-refractivity contribution in [3.05, 3.63) is 0 Å². The van der Waals surface area contributed by atoms with Crippen LogP contribution in [0, 0.1) is 0 Å². The van der Waals surface area contributed by atoms with E-state index >= 15 is 0 Å². The summed E-state index contributed by atoms with van der Waals surface area (Å²) in [6.07, 6.45) is 16.6. The molecular weight excluding hydrogens is 312 g/mol. The molecule has 0 aliphatic heterocycles. The molecule has 0 saturated heterocycles. The molecule has 1 aliphatic carbocycles. The maximum Gasteiger partial charge on any atom is 0.220 e. The zero-order chi connectivity index (χ0) is 18.3. The number of carbonyl (C=O) groups is 2. The average molecular weight is 353 g/mol. The summed E-state index contributed by atoms with van der Waals surface area (Å²) in [7, 11) is 0. The Morgan fingerprint density at radius 2 is 1.00 bits per heavy atom. The van der Waals surface area contributed by atoms with Crippen molar-refractivity contribution in [1.29, 1.82) is 0 Å². The molecule has 0 heterocycles. The van der Waals surface area contributed by atoms with Crippen molar-refractivity contribution >= 4 is 11.8 Å². The summed E-state index contributed by atoms with van der Waals surface area (Å²) in [6, 6.07) is 0.335. The molecule has 146 valence electrons. The fourth-order valence-electron chi connectivity index (χ4n) is 3.20. The van der Waals surface area contributed by atoms with E-state index in [0.717, 1.165) is 32.1 Å². The monoisotopic (exact) mass is 352 g/mol. The topological polar surface area (TPSA) is 58.2 Å². The molecule has 1 aliphatic rings. The van der Waals surface area contributed by atoms with E-state index in [1.807, 2.05) is 0 Å².